The minimum absolute atomic E-state index is 0.0397. The number of halogens is 2. The minimum Gasteiger partial charge on any atom is -0.478 e. The summed E-state index contributed by atoms with van der Waals surface area (Å²) in [5.74, 6) is -0.778. The zero-order valence-corrected chi connectivity index (χ0v) is 7.50. The lowest BCUT2D eigenvalue weighted by molar-refractivity contribution is -0.132. The minimum atomic E-state index is -1.05. The van der Waals surface area contributed by atoms with Crippen molar-refractivity contribution in [1.29, 1.82) is 0 Å². The first-order valence-corrected chi connectivity index (χ1v) is 4.30. The van der Waals surface area contributed by atoms with Gasteiger partial charge in [0.25, 0.3) is 0 Å². The summed E-state index contributed by atoms with van der Waals surface area (Å²) in [6, 6.07) is 0. The lowest BCUT2D eigenvalue weighted by atomic mass is 10.3. The SMILES string of the molecule is O=C(O)C1=C(Cl)C(Cl)=NSC1. The smallest absolute Gasteiger partial charge is 0.334 e. The Balaban J connectivity index is 3.01. The van der Waals surface area contributed by atoms with Crippen molar-refractivity contribution < 1.29 is 9.90 Å². The van der Waals surface area contributed by atoms with Gasteiger partial charge >= 0.3 is 5.97 Å². The van der Waals surface area contributed by atoms with Gasteiger partial charge in [0, 0.05) is 5.75 Å². The van der Waals surface area contributed by atoms with Gasteiger partial charge in [-0.3, -0.25) is 0 Å². The molecular formula is C5H3Cl2NO2S. The maximum Gasteiger partial charge on any atom is 0.334 e. The van der Waals surface area contributed by atoms with Gasteiger partial charge in [-0.15, -0.1) is 0 Å². The normalized spacial score (nSPS) is 18.2. The number of carboxylic acid groups (broad SMARTS) is 1. The molecule has 6 heteroatoms. The van der Waals surface area contributed by atoms with Gasteiger partial charge in [-0.25, -0.2) is 9.19 Å². The van der Waals surface area contributed by atoms with Crippen LogP contribution >= 0.6 is 35.1 Å². The molecule has 0 bridgehead atoms. The Morgan fingerprint density at radius 3 is 2.73 bits per heavy atom. The van der Waals surface area contributed by atoms with Crippen molar-refractivity contribution in [2.24, 2.45) is 4.40 Å². The van der Waals surface area contributed by atoms with Crippen LogP contribution in [0.25, 0.3) is 0 Å². The van der Waals surface area contributed by atoms with Crippen molar-refractivity contribution in [2.75, 3.05) is 5.75 Å². The molecule has 1 heterocycles. The summed E-state index contributed by atoms with van der Waals surface area (Å²) in [6.07, 6.45) is 0. The van der Waals surface area contributed by atoms with Crippen molar-refractivity contribution in [2.45, 2.75) is 0 Å². The Bertz CT molecular complexity index is 261. The topological polar surface area (TPSA) is 49.7 Å². The molecule has 0 saturated heterocycles. The van der Waals surface area contributed by atoms with E-state index in [1.807, 2.05) is 0 Å². The highest BCUT2D eigenvalue weighted by atomic mass is 35.5. The molecule has 0 fully saturated rings. The van der Waals surface area contributed by atoms with Gasteiger partial charge in [0.1, 0.15) is 0 Å². The van der Waals surface area contributed by atoms with Gasteiger partial charge in [0.15, 0.2) is 5.17 Å². The van der Waals surface area contributed by atoms with Crippen molar-refractivity contribution in [3.63, 3.8) is 0 Å². The van der Waals surface area contributed by atoms with E-state index in [0.717, 1.165) is 11.9 Å². The molecule has 0 aromatic heterocycles. The molecule has 60 valence electrons. The Morgan fingerprint density at radius 1 is 1.64 bits per heavy atom. The fourth-order valence-electron chi connectivity index (χ4n) is 0.537. The average molecular weight is 212 g/mol. The van der Waals surface area contributed by atoms with Crippen molar-refractivity contribution in [1.82, 2.24) is 0 Å². The summed E-state index contributed by atoms with van der Waals surface area (Å²) < 4.78 is 3.69. The largest absolute Gasteiger partial charge is 0.478 e. The molecule has 1 rings (SSSR count). The first-order chi connectivity index (χ1) is 5.13. The van der Waals surface area contributed by atoms with Crippen LogP contribution in [-0.2, 0) is 4.79 Å². The van der Waals surface area contributed by atoms with Gasteiger partial charge in [0.05, 0.1) is 10.6 Å². The molecule has 1 aliphatic rings. The van der Waals surface area contributed by atoms with E-state index < -0.39 is 5.97 Å². The molecule has 3 nitrogen and oxygen atoms in total. The maximum atomic E-state index is 10.4. The molecule has 0 atom stereocenters. The van der Waals surface area contributed by atoms with Gasteiger partial charge in [0.2, 0.25) is 0 Å². The van der Waals surface area contributed by atoms with Crippen molar-refractivity contribution in [3.05, 3.63) is 10.6 Å². The molecule has 1 N–H and O–H groups in total. The second kappa shape index (κ2) is 3.47. The first kappa shape index (κ1) is 8.90. The van der Waals surface area contributed by atoms with Crippen molar-refractivity contribution in [3.8, 4) is 0 Å². The Hall–Kier alpha value is -0.190. The molecule has 1 aliphatic heterocycles. The van der Waals surface area contributed by atoms with Gasteiger partial charge in [-0.2, -0.15) is 0 Å². The highest BCUT2D eigenvalue weighted by molar-refractivity contribution is 7.98. The number of allylic oxidation sites excluding steroid dienone is 1. The Labute approximate surface area is 77.2 Å². The van der Waals surface area contributed by atoms with Crippen LogP contribution in [0.3, 0.4) is 0 Å². The first-order valence-electron chi connectivity index (χ1n) is 2.60. The number of hydrogen-bond acceptors (Lipinski definition) is 3. The standard InChI is InChI=1S/C5H3Cl2NO2S/c6-3-2(5(9)10)1-11-8-4(3)7/h1H2,(H,9,10). The van der Waals surface area contributed by atoms with Crippen molar-refractivity contribution >= 4 is 46.3 Å². The second-order valence-electron chi connectivity index (χ2n) is 1.75. The average Bonchev–Trinajstić information content (AvgIpc) is 1.94. The van der Waals surface area contributed by atoms with Crippen LogP contribution < -0.4 is 0 Å². The zero-order valence-electron chi connectivity index (χ0n) is 5.17. The van der Waals surface area contributed by atoms with Gasteiger partial charge in [-0.05, 0) is 11.9 Å². The van der Waals surface area contributed by atoms with E-state index in [0.29, 0.717) is 0 Å². The third-order valence-corrected chi connectivity index (χ3v) is 2.66. The summed E-state index contributed by atoms with van der Waals surface area (Å²) in [5, 5.41) is 8.65. The van der Waals surface area contributed by atoms with Crippen LogP contribution in [-0.4, -0.2) is 22.0 Å². The van der Waals surface area contributed by atoms with Crippen LogP contribution in [0.1, 0.15) is 0 Å². The second-order valence-corrected chi connectivity index (χ2v) is 3.22. The molecule has 0 saturated carbocycles. The molecule has 0 radical (unpaired) electrons. The predicted molar refractivity (Wildman–Crippen MR) is 46.3 cm³/mol. The van der Waals surface area contributed by atoms with E-state index in [-0.39, 0.29) is 21.5 Å². The van der Waals surface area contributed by atoms with Gasteiger partial charge in [-0.1, -0.05) is 23.2 Å². The molecule has 0 aliphatic carbocycles. The molecule has 0 unspecified atom stereocenters. The van der Waals surface area contributed by atoms with E-state index in [9.17, 15) is 4.79 Å². The van der Waals surface area contributed by atoms with E-state index in [2.05, 4.69) is 4.40 Å². The lowest BCUT2D eigenvalue weighted by Crippen LogP contribution is -2.10. The zero-order chi connectivity index (χ0) is 8.43. The predicted octanol–water partition coefficient (Wildman–Crippen LogP) is 1.86. The highest BCUT2D eigenvalue weighted by Crippen LogP contribution is 2.26. The summed E-state index contributed by atoms with van der Waals surface area (Å²) >= 11 is 12.1. The van der Waals surface area contributed by atoms with Crippen LogP contribution in [0.4, 0.5) is 0 Å². The van der Waals surface area contributed by atoms with Crippen LogP contribution in [0.2, 0.25) is 0 Å². The number of carboxylic acids is 1. The maximum absolute atomic E-state index is 10.4. The number of nitrogens with zero attached hydrogens (tertiary/aromatic N) is 1. The molecular weight excluding hydrogens is 209 g/mol. The van der Waals surface area contributed by atoms with Crippen LogP contribution in [0, 0.1) is 0 Å². The fraction of sp³-hybridized carbons (Fsp3) is 0.200. The van der Waals surface area contributed by atoms with Gasteiger partial charge < -0.3 is 5.11 Å². The van der Waals surface area contributed by atoms with E-state index in [1.54, 1.807) is 0 Å². The highest BCUT2D eigenvalue weighted by Gasteiger charge is 2.19. The Kier molecular flexibility index (Phi) is 2.81. The number of carbonyl (C=O) groups is 1. The third kappa shape index (κ3) is 1.89. The third-order valence-electron chi connectivity index (χ3n) is 1.06. The quantitative estimate of drug-likeness (QED) is 0.675. The molecule has 0 spiro atoms. The monoisotopic (exact) mass is 211 g/mol. The lowest BCUT2D eigenvalue weighted by Gasteiger charge is -2.07. The van der Waals surface area contributed by atoms with E-state index in [1.165, 1.54) is 0 Å². The number of hydrogen-bond donors (Lipinski definition) is 1. The summed E-state index contributed by atoms with van der Waals surface area (Å²) in [4.78, 5) is 10.4. The number of aliphatic carboxylic acids is 1. The summed E-state index contributed by atoms with van der Waals surface area (Å²) in [6.45, 7) is 0. The summed E-state index contributed by atoms with van der Waals surface area (Å²) in [7, 11) is 0. The number of rotatable bonds is 1. The van der Waals surface area contributed by atoms with Crippen LogP contribution in [0.5, 0.6) is 0 Å². The molecule has 0 aromatic rings. The van der Waals surface area contributed by atoms with Crippen LogP contribution in [0.15, 0.2) is 15.0 Å². The molecule has 11 heavy (non-hydrogen) atoms. The Morgan fingerprint density at radius 2 is 2.27 bits per heavy atom. The summed E-state index contributed by atoms with van der Waals surface area (Å²) in [5.41, 5.74) is 0.108. The van der Waals surface area contributed by atoms with E-state index >= 15 is 0 Å². The molecule has 0 amide bonds. The fourth-order valence-corrected chi connectivity index (χ4v) is 1.78. The van der Waals surface area contributed by atoms with E-state index in [4.69, 9.17) is 28.3 Å². The molecule has 0 aromatic carbocycles.